The maximum atomic E-state index is 13.0. The topological polar surface area (TPSA) is 171 Å². The van der Waals surface area contributed by atoms with Crippen LogP contribution in [0.2, 0.25) is 0 Å². The number of aromatic amines is 1. The highest BCUT2D eigenvalue weighted by Gasteiger charge is 2.38. The van der Waals surface area contributed by atoms with Crippen LogP contribution in [0.5, 0.6) is 5.75 Å². The molecule has 2 aromatic carbocycles. The van der Waals surface area contributed by atoms with Gasteiger partial charge in [0.25, 0.3) is 17.2 Å². The summed E-state index contributed by atoms with van der Waals surface area (Å²) >= 11 is 0. The number of methoxy groups -OCH3 is 2. The van der Waals surface area contributed by atoms with Crippen LogP contribution in [0.25, 0.3) is 11.0 Å². The Morgan fingerprint density at radius 3 is 2.41 bits per heavy atom. The van der Waals surface area contributed by atoms with Crippen molar-refractivity contribution in [3.8, 4) is 5.75 Å². The largest absolute Gasteiger partial charge is 0.496 e. The number of nitrogens with zero attached hydrogens (tertiary/aromatic N) is 2. The molecule has 34 heavy (non-hydrogen) atoms. The van der Waals surface area contributed by atoms with Crippen LogP contribution in [-0.2, 0) is 19.1 Å². The number of aromatic nitrogens is 2. The molecule has 0 aliphatic heterocycles. The van der Waals surface area contributed by atoms with E-state index in [1.54, 1.807) is 12.1 Å². The standard InChI is InChI=1S/C22H20N4O8/c1-10-7-14-15(8-11(10)2)25-20(28)18(23-14)17(22(30)34-4)19(27)21(29)24-13-6-5-12(33-3)9-16(13)26(31)32/h5-9,17H,1-4H3,(H,24,29)(H,25,28). The summed E-state index contributed by atoms with van der Waals surface area (Å²) in [7, 11) is 2.29. The number of nitro benzene ring substituents is 1. The molecule has 1 atom stereocenters. The van der Waals surface area contributed by atoms with Gasteiger partial charge in [0, 0.05) is 0 Å². The summed E-state index contributed by atoms with van der Waals surface area (Å²) in [4.78, 5) is 68.1. The minimum absolute atomic E-state index is 0.154. The molecule has 1 unspecified atom stereocenters. The lowest BCUT2D eigenvalue weighted by Crippen LogP contribution is -2.37. The first-order valence-corrected chi connectivity index (χ1v) is 9.84. The second-order valence-corrected chi connectivity index (χ2v) is 7.32. The van der Waals surface area contributed by atoms with Gasteiger partial charge in [-0.3, -0.25) is 29.3 Å². The lowest BCUT2D eigenvalue weighted by atomic mass is 9.99. The second-order valence-electron chi connectivity index (χ2n) is 7.32. The number of fused-ring (bicyclic) bond motifs is 1. The third-order valence-electron chi connectivity index (χ3n) is 5.18. The first-order chi connectivity index (χ1) is 16.1. The highest BCUT2D eigenvalue weighted by molar-refractivity contribution is 6.45. The molecule has 3 aromatic rings. The van der Waals surface area contributed by atoms with E-state index < -0.39 is 45.4 Å². The number of esters is 1. The summed E-state index contributed by atoms with van der Waals surface area (Å²) in [5.41, 5.74) is 0.177. The van der Waals surface area contributed by atoms with Gasteiger partial charge >= 0.3 is 5.97 Å². The molecule has 2 N–H and O–H groups in total. The fourth-order valence-electron chi connectivity index (χ4n) is 3.23. The Morgan fingerprint density at radius 2 is 1.79 bits per heavy atom. The van der Waals surface area contributed by atoms with Crippen molar-refractivity contribution >= 4 is 40.1 Å². The summed E-state index contributed by atoms with van der Waals surface area (Å²) in [6.07, 6.45) is 0. The number of H-pyrrole nitrogens is 1. The van der Waals surface area contributed by atoms with Crippen LogP contribution in [0, 0.1) is 24.0 Å². The van der Waals surface area contributed by atoms with Crippen molar-refractivity contribution in [3.63, 3.8) is 0 Å². The average Bonchev–Trinajstić information content (AvgIpc) is 2.80. The zero-order chi connectivity index (χ0) is 25.2. The Balaban J connectivity index is 2.03. The number of nitro groups is 1. The second kappa shape index (κ2) is 9.48. The molecule has 0 saturated carbocycles. The molecule has 1 amide bonds. The summed E-state index contributed by atoms with van der Waals surface area (Å²) in [6.45, 7) is 3.66. The molecular formula is C22H20N4O8. The highest BCUT2D eigenvalue weighted by Crippen LogP contribution is 2.29. The van der Waals surface area contributed by atoms with Crippen LogP contribution >= 0.6 is 0 Å². The normalized spacial score (nSPS) is 11.5. The van der Waals surface area contributed by atoms with E-state index >= 15 is 0 Å². The average molecular weight is 468 g/mol. The summed E-state index contributed by atoms with van der Waals surface area (Å²) in [6, 6.07) is 6.90. The number of nitrogens with one attached hydrogen (secondary N) is 2. The molecule has 0 aliphatic carbocycles. The predicted molar refractivity (Wildman–Crippen MR) is 120 cm³/mol. The number of Topliss-reactive ketones (excluding diaryl/α,β-unsaturated/α-hetero) is 1. The monoisotopic (exact) mass is 468 g/mol. The number of carbonyl (C=O) groups excluding carboxylic acids is 3. The maximum Gasteiger partial charge on any atom is 0.323 e. The zero-order valence-corrected chi connectivity index (χ0v) is 18.6. The lowest BCUT2D eigenvalue weighted by Gasteiger charge is -2.14. The van der Waals surface area contributed by atoms with E-state index in [0.717, 1.165) is 24.3 Å². The third kappa shape index (κ3) is 4.60. The van der Waals surface area contributed by atoms with E-state index in [9.17, 15) is 29.3 Å². The molecule has 0 bridgehead atoms. The van der Waals surface area contributed by atoms with Gasteiger partial charge in [-0.2, -0.15) is 0 Å². The molecule has 0 radical (unpaired) electrons. The lowest BCUT2D eigenvalue weighted by molar-refractivity contribution is -0.384. The first kappa shape index (κ1) is 24.0. The number of hydrogen-bond donors (Lipinski definition) is 2. The minimum Gasteiger partial charge on any atom is -0.496 e. The zero-order valence-electron chi connectivity index (χ0n) is 18.6. The van der Waals surface area contributed by atoms with Gasteiger partial charge in [-0.15, -0.1) is 0 Å². The number of anilines is 1. The third-order valence-corrected chi connectivity index (χ3v) is 5.18. The fourth-order valence-corrected chi connectivity index (χ4v) is 3.23. The molecule has 0 spiro atoms. The van der Waals surface area contributed by atoms with Crippen molar-refractivity contribution in [2.45, 2.75) is 19.8 Å². The molecule has 0 aliphatic rings. The van der Waals surface area contributed by atoms with Gasteiger partial charge in [-0.05, 0) is 49.2 Å². The van der Waals surface area contributed by atoms with Crippen LogP contribution in [-0.4, -0.2) is 46.8 Å². The Bertz CT molecular complexity index is 1400. The molecule has 0 fully saturated rings. The van der Waals surface area contributed by atoms with Gasteiger partial charge in [0.2, 0.25) is 5.78 Å². The van der Waals surface area contributed by atoms with Gasteiger partial charge in [-0.25, -0.2) is 4.98 Å². The Hall–Kier alpha value is -4.61. The smallest absolute Gasteiger partial charge is 0.323 e. The number of ether oxygens (including phenoxy) is 2. The van der Waals surface area contributed by atoms with Crippen LogP contribution in [0.15, 0.2) is 35.1 Å². The molecule has 3 rings (SSSR count). The number of ketones is 1. The summed E-state index contributed by atoms with van der Waals surface area (Å²) in [5, 5.41) is 13.5. The van der Waals surface area contributed by atoms with Crippen LogP contribution in [0.3, 0.4) is 0 Å². The van der Waals surface area contributed by atoms with Crippen LogP contribution in [0.4, 0.5) is 11.4 Å². The highest BCUT2D eigenvalue weighted by atomic mass is 16.6. The molecule has 176 valence electrons. The first-order valence-electron chi connectivity index (χ1n) is 9.84. The van der Waals surface area contributed by atoms with Crippen LogP contribution in [0.1, 0.15) is 22.7 Å². The maximum absolute atomic E-state index is 13.0. The molecule has 12 heteroatoms. The van der Waals surface area contributed by atoms with Gasteiger partial charge in [0.1, 0.15) is 17.1 Å². The number of benzene rings is 2. The van der Waals surface area contributed by atoms with Crippen molar-refractivity contribution in [3.05, 3.63) is 67.6 Å². The van der Waals surface area contributed by atoms with E-state index in [4.69, 9.17) is 4.74 Å². The minimum atomic E-state index is -1.99. The fraction of sp³-hybridized carbons (Fsp3) is 0.227. The van der Waals surface area contributed by atoms with E-state index in [1.165, 1.54) is 19.2 Å². The number of aryl methyl sites for hydroxylation is 2. The molecule has 12 nitrogen and oxygen atoms in total. The van der Waals surface area contributed by atoms with E-state index in [1.807, 2.05) is 13.8 Å². The number of rotatable bonds is 7. The molecular weight excluding hydrogens is 448 g/mol. The van der Waals surface area contributed by atoms with Gasteiger partial charge in [-0.1, -0.05) is 0 Å². The van der Waals surface area contributed by atoms with Crippen molar-refractivity contribution < 1.29 is 28.8 Å². The SMILES string of the molecule is COC(=O)C(C(=O)C(=O)Nc1ccc(OC)cc1[N+](=O)[O-])c1nc2cc(C)c(C)cc2[nH]c1=O. The number of hydrogen-bond acceptors (Lipinski definition) is 9. The molecule has 1 aromatic heterocycles. The predicted octanol–water partition coefficient (Wildman–Crippen LogP) is 1.92. The Kier molecular flexibility index (Phi) is 6.71. The number of amides is 1. The van der Waals surface area contributed by atoms with Gasteiger partial charge in [0.05, 0.1) is 36.2 Å². The summed E-state index contributed by atoms with van der Waals surface area (Å²) in [5.74, 6) is -5.77. The van der Waals surface area contributed by atoms with E-state index in [-0.39, 0.29) is 11.4 Å². The molecule has 0 saturated heterocycles. The Morgan fingerprint density at radius 1 is 1.12 bits per heavy atom. The van der Waals surface area contributed by atoms with Gasteiger partial charge < -0.3 is 19.8 Å². The van der Waals surface area contributed by atoms with Gasteiger partial charge in [0.15, 0.2) is 5.92 Å². The van der Waals surface area contributed by atoms with Crippen LogP contribution < -0.4 is 15.6 Å². The summed E-state index contributed by atoms with van der Waals surface area (Å²) < 4.78 is 9.56. The van der Waals surface area contributed by atoms with Crippen molar-refractivity contribution in [1.29, 1.82) is 0 Å². The van der Waals surface area contributed by atoms with E-state index in [2.05, 4.69) is 20.0 Å². The molecule has 1 heterocycles. The van der Waals surface area contributed by atoms with Crippen molar-refractivity contribution in [2.24, 2.45) is 0 Å². The quantitative estimate of drug-likeness (QED) is 0.173. The number of carbonyl (C=O) groups is 3. The van der Waals surface area contributed by atoms with Crippen molar-refractivity contribution in [2.75, 3.05) is 19.5 Å². The van der Waals surface area contributed by atoms with Crippen molar-refractivity contribution in [1.82, 2.24) is 9.97 Å². The van der Waals surface area contributed by atoms with E-state index in [0.29, 0.717) is 11.0 Å². The Labute approximate surface area is 192 Å².